The molecule has 2 aromatic rings. The van der Waals surface area contributed by atoms with E-state index in [0.717, 1.165) is 15.7 Å². The van der Waals surface area contributed by atoms with E-state index in [1.165, 1.54) is 0 Å². The number of anilines is 1. The largest absolute Gasteiger partial charge is 0.387 e. The van der Waals surface area contributed by atoms with Crippen LogP contribution in [0.2, 0.25) is 0 Å². The van der Waals surface area contributed by atoms with Crippen LogP contribution < -0.4 is 5.32 Å². The zero-order chi connectivity index (χ0) is 13.0. The lowest BCUT2D eigenvalue weighted by atomic mass is 10.1. The molecule has 1 unspecified atom stereocenters. The van der Waals surface area contributed by atoms with Crippen LogP contribution in [0.15, 0.2) is 39.5 Å². The van der Waals surface area contributed by atoms with Crippen molar-refractivity contribution in [2.45, 2.75) is 6.10 Å². The molecule has 5 heteroatoms. The van der Waals surface area contributed by atoms with Crippen LogP contribution in [0.5, 0.6) is 0 Å². The van der Waals surface area contributed by atoms with Crippen LogP contribution in [0.1, 0.15) is 17.2 Å². The van der Waals surface area contributed by atoms with Crippen LogP contribution in [0.25, 0.3) is 0 Å². The van der Waals surface area contributed by atoms with Crippen molar-refractivity contribution in [3.63, 3.8) is 0 Å². The number of hydrogen-bond donors (Lipinski definition) is 2. The molecule has 0 fully saturated rings. The lowest BCUT2D eigenvalue weighted by Crippen LogP contribution is -2.12. The number of nitriles is 1. The van der Waals surface area contributed by atoms with Gasteiger partial charge in [0.2, 0.25) is 0 Å². The molecule has 18 heavy (non-hydrogen) atoms. The lowest BCUT2D eigenvalue weighted by Gasteiger charge is -2.13. The van der Waals surface area contributed by atoms with Crippen LogP contribution in [-0.4, -0.2) is 11.7 Å². The molecule has 0 radical (unpaired) electrons. The molecule has 92 valence electrons. The standard InChI is InChI=1S/C13H11BrN2OS/c14-11-2-1-9(6-15)12(5-11)16-7-13(17)10-3-4-18-8-10/h1-5,8,13,16-17H,7H2. The van der Waals surface area contributed by atoms with E-state index in [0.29, 0.717) is 12.1 Å². The number of aliphatic hydroxyl groups excluding tert-OH is 1. The predicted octanol–water partition coefficient (Wildman–Crippen LogP) is 3.53. The van der Waals surface area contributed by atoms with Crippen LogP contribution in [0, 0.1) is 11.3 Å². The van der Waals surface area contributed by atoms with E-state index >= 15 is 0 Å². The fourth-order valence-corrected chi connectivity index (χ4v) is 2.62. The number of halogens is 1. The zero-order valence-corrected chi connectivity index (χ0v) is 11.8. The molecule has 1 atom stereocenters. The summed E-state index contributed by atoms with van der Waals surface area (Å²) in [5, 5.41) is 25.9. The average Bonchev–Trinajstić information content (AvgIpc) is 2.90. The van der Waals surface area contributed by atoms with Crippen molar-refractivity contribution in [2.24, 2.45) is 0 Å². The van der Waals surface area contributed by atoms with Gasteiger partial charge in [-0.1, -0.05) is 15.9 Å². The SMILES string of the molecule is N#Cc1ccc(Br)cc1NCC(O)c1ccsc1. The summed E-state index contributed by atoms with van der Waals surface area (Å²) >= 11 is 4.91. The summed E-state index contributed by atoms with van der Waals surface area (Å²) in [7, 11) is 0. The van der Waals surface area contributed by atoms with Crippen LogP contribution >= 0.6 is 27.3 Å². The minimum absolute atomic E-state index is 0.377. The summed E-state index contributed by atoms with van der Waals surface area (Å²) in [6, 6.07) is 9.40. The van der Waals surface area contributed by atoms with Gasteiger partial charge in [0.25, 0.3) is 0 Å². The number of nitrogens with one attached hydrogen (secondary N) is 1. The Hall–Kier alpha value is -1.35. The molecule has 0 spiro atoms. The molecule has 0 bridgehead atoms. The van der Waals surface area contributed by atoms with Crippen molar-refractivity contribution >= 4 is 33.0 Å². The van der Waals surface area contributed by atoms with Crippen molar-refractivity contribution in [2.75, 3.05) is 11.9 Å². The summed E-state index contributed by atoms with van der Waals surface area (Å²) in [5.74, 6) is 0. The fraction of sp³-hybridized carbons (Fsp3) is 0.154. The normalized spacial score (nSPS) is 11.8. The van der Waals surface area contributed by atoms with Crippen LogP contribution in [0.3, 0.4) is 0 Å². The molecule has 1 aromatic heterocycles. The second-order valence-corrected chi connectivity index (χ2v) is 5.45. The van der Waals surface area contributed by atoms with E-state index in [-0.39, 0.29) is 0 Å². The first kappa shape index (κ1) is 13.1. The van der Waals surface area contributed by atoms with Crippen LogP contribution in [-0.2, 0) is 0 Å². The molecule has 1 aromatic carbocycles. The van der Waals surface area contributed by atoms with Gasteiger partial charge in [0.1, 0.15) is 6.07 Å². The second-order valence-electron chi connectivity index (χ2n) is 3.76. The molecule has 0 aliphatic carbocycles. The number of hydrogen-bond acceptors (Lipinski definition) is 4. The minimum Gasteiger partial charge on any atom is -0.387 e. The summed E-state index contributed by atoms with van der Waals surface area (Å²) in [6.45, 7) is 0.377. The highest BCUT2D eigenvalue weighted by molar-refractivity contribution is 9.10. The van der Waals surface area contributed by atoms with Crippen molar-refractivity contribution in [3.8, 4) is 6.07 Å². The molecule has 3 nitrogen and oxygen atoms in total. The number of benzene rings is 1. The van der Waals surface area contributed by atoms with E-state index in [1.54, 1.807) is 17.4 Å². The first-order valence-corrected chi connectivity index (χ1v) is 7.08. The molecule has 2 rings (SSSR count). The maximum Gasteiger partial charge on any atom is 0.101 e. The Kier molecular flexibility index (Phi) is 4.37. The van der Waals surface area contributed by atoms with Crippen molar-refractivity contribution in [1.29, 1.82) is 5.26 Å². The molecule has 0 amide bonds. The monoisotopic (exact) mass is 322 g/mol. The third-order valence-electron chi connectivity index (χ3n) is 2.52. The van der Waals surface area contributed by atoms with Gasteiger partial charge >= 0.3 is 0 Å². The van der Waals surface area contributed by atoms with Crippen molar-refractivity contribution in [1.82, 2.24) is 0 Å². The first-order chi connectivity index (χ1) is 8.70. The van der Waals surface area contributed by atoms with Gasteiger partial charge in [0.15, 0.2) is 0 Å². The van der Waals surface area contributed by atoms with E-state index in [9.17, 15) is 5.11 Å². The second kappa shape index (κ2) is 6.01. The Labute approximate surface area is 118 Å². The Morgan fingerprint density at radius 2 is 2.28 bits per heavy atom. The highest BCUT2D eigenvalue weighted by Gasteiger charge is 2.09. The summed E-state index contributed by atoms with van der Waals surface area (Å²) in [6.07, 6.45) is -0.568. The van der Waals surface area contributed by atoms with Gasteiger partial charge in [-0.15, -0.1) is 0 Å². The number of nitrogens with zero attached hydrogens (tertiary/aromatic N) is 1. The Bertz CT molecular complexity index is 563. The van der Waals surface area contributed by atoms with Gasteiger partial charge in [-0.3, -0.25) is 0 Å². The smallest absolute Gasteiger partial charge is 0.101 e. The van der Waals surface area contributed by atoms with Crippen molar-refractivity contribution < 1.29 is 5.11 Å². The molecular formula is C13H11BrN2OS. The summed E-state index contributed by atoms with van der Waals surface area (Å²) in [4.78, 5) is 0. The molecule has 0 saturated heterocycles. The van der Waals surface area contributed by atoms with Gasteiger partial charge in [-0.05, 0) is 40.6 Å². The Morgan fingerprint density at radius 1 is 1.44 bits per heavy atom. The maximum atomic E-state index is 9.95. The summed E-state index contributed by atoms with van der Waals surface area (Å²) in [5.41, 5.74) is 2.18. The number of rotatable bonds is 4. The zero-order valence-electron chi connectivity index (χ0n) is 9.43. The average molecular weight is 323 g/mol. The van der Waals surface area contributed by atoms with Gasteiger partial charge in [0, 0.05) is 11.0 Å². The molecule has 2 N–H and O–H groups in total. The minimum atomic E-state index is -0.568. The predicted molar refractivity (Wildman–Crippen MR) is 76.6 cm³/mol. The topological polar surface area (TPSA) is 56.0 Å². The van der Waals surface area contributed by atoms with Crippen LogP contribution in [0.4, 0.5) is 5.69 Å². The highest BCUT2D eigenvalue weighted by Crippen LogP contribution is 2.22. The maximum absolute atomic E-state index is 9.95. The van der Waals surface area contributed by atoms with Gasteiger partial charge < -0.3 is 10.4 Å². The van der Waals surface area contributed by atoms with E-state index < -0.39 is 6.10 Å². The summed E-state index contributed by atoms with van der Waals surface area (Å²) < 4.78 is 0.897. The molecule has 1 heterocycles. The van der Waals surface area contributed by atoms with Crippen molar-refractivity contribution in [3.05, 3.63) is 50.6 Å². The number of aliphatic hydroxyl groups is 1. The van der Waals surface area contributed by atoms with E-state index in [2.05, 4.69) is 27.3 Å². The number of thiophene rings is 1. The molecule has 0 saturated carbocycles. The first-order valence-electron chi connectivity index (χ1n) is 5.34. The quantitative estimate of drug-likeness (QED) is 0.905. The Morgan fingerprint density at radius 3 is 2.94 bits per heavy atom. The molecule has 0 aliphatic rings. The molecular weight excluding hydrogens is 312 g/mol. The third-order valence-corrected chi connectivity index (χ3v) is 3.71. The molecule has 0 aliphatic heterocycles. The van der Waals surface area contributed by atoms with Gasteiger partial charge in [-0.2, -0.15) is 16.6 Å². The Balaban J connectivity index is 2.06. The van der Waals surface area contributed by atoms with Gasteiger partial charge in [0.05, 0.1) is 17.4 Å². The van der Waals surface area contributed by atoms with E-state index in [1.807, 2.05) is 29.0 Å². The fourth-order valence-electron chi connectivity index (χ4n) is 1.55. The van der Waals surface area contributed by atoms with Gasteiger partial charge in [-0.25, -0.2) is 0 Å². The van der Waals surface area contributed by atoms with E-state index in [4.69, 9.17) is 5.26 Å². The third kappa shape index (κ3) is 3.10. The lowest BCUT2D eigenvalue weighted by molar-refractivity contribution is 0.192. The highest BCUT2D eigenvalue weighted by atomic mass is 79.9.